The zero-order chi connectivity index (χ0) is 24.0. The van der Waals surface area contributed by atoms with E-state index in [0.717, 1.165) is 16.0 Å². The molecule has 2 amide bonds. The van der Waals surface area contributed by atoms with Gasteiger partial charge < -0.3 is 10.6 Å². The van der Waals surface area contributed by atoms with E-state index in [1.807, 2.05) is 66.9 Å². The normalized spacial score (nSPS) is 12.6. The lowest BCUT2D eigenvalue weighted by Gasteiger charge is -2.35. The molecule has 1 unspecified atom stereocenters. The van der Waals surface area contributed by atoms with E-state index in [1.54, 1.807) is 36.2 Å². The molecule has 4 nitrogen and oxygen atoms in total. The van der Waals surface area contributed by atoms with Gasteiger partial charge in [-0.05, 0) is 59.8 Å². The van der Waals surface area contributed by atoms with Gasteiger partial charge in [-0.3, -0.25) is 4.98 Å². The van der Waals surface area contributed by atoms with Crippen LogP contribution in [0.3, 0.4) is 0 Å². The number of nitrogens with zero attached hydrogens (tertiary/aromatic N) is 1. The van der Waals surface area contributed by atoms with Crippen LogP contribution in [0.5, 0.6) is 0 Å². The van der Waals surface area contributed by atoms with Crippen LogP contribution >= 0.6 is 23.4 Å². The number of carbonyl (C=O) groups is 1. The summed E-state index contributed by atoms with van der Waals surface area (Å²) >= 11 is 7.76. The highest BCUT2D eigenvalue weighted by molar-refractivity contribution is 7.98. The van der Waals surface area contributed by atoms with Crippen molar-refractivity contribution in [2.75, 3.05) is 11.6 Å². The molecule has 0 fully saturated rings. The highest BCUT2D eigenvalue weighted by atomic mass is 35.5. The molecule has 4 rings (SSSR count). The number of nitrogens with one attached hydrogen (secondary N) is 2. The first-order chi connectivity index (χ1) is 16.5. The maximum Gasteiger partial charge on any atom is 0.320 e. The number of benzene rings is 3. The Hall–Kier alpha value is -3.35. The summed E-state index contributed by atoms with van der Waals surface area (Å²) in [6, 6.07) is 26.8. The molecule has 7 heteroatoms. The van der Waals surface area contributed by atoms with E-state index in [2.05, 4.69) is 15.6 Å². The Morgan fingerprint density at radius 1 is 1.00 bits per heavy atom. The van der Waals surface area contributed by atoms with Gasteiger partial charge in [-0.2, -0.15) is 0 Å². The third-order valence-electron chi connectivity index (χ3n) is 5.45. The van der Waals surface area contributed by atoms with E-state index in [0.29, 0.717) is 22.8 Å². The molecule has 0 aliphatic heterocycles. The molecule has 0 aliphatic rings. The summed E-state index contributed by atoms with van der Waals surface area (Å²) in [7, 11) is 0. The van der Waals surface area contributed by atoms with Crippen molar-refractivity contribution in [3.8, 4) is 0 Å². The van der Waals surface area contributed by atoms with Crippen molar-refractivity contribution in [1.82, 2.24) is 10.3 Å². The fraction of sp³-hybridized carbons (Fsp3) is 0.111. The first-order valence-corrected chi connectivity index (χ1v) is 12.2. The summed E-state index contributed by atoms with van der Waals surface area (Å²) in [4.78, 5) is 19.0. The molecule has 172 valence electrons. The molecule has 2 N–H and O–H groups in total. The molecule has 0 spiro atoms. The second-order valence-corrected chi connectivity index (χ2v) is 9.07. The van der Waals surface area contributed by atoms with Gasteiger partial charge in [0, 0.05) is 23.2 Å². The summed E-state index contributed by atoms with van der Waals surface area (Å²) in [6.45, 7) is 0. The minimum atomic E-state index is -1.02. The van der Waals surface area contributed by atoms with Gasteiger partial charge in [-0.1, -0.05) is 60.1 Å². The van der Waals surface area contributed by atoms with E-state index in [4.69, 9.17) is 11.6 Å². The summed E-state index contributed by atoms with van der Waals surface area (Å²) < 4.78 is 13.7. The number of hydrogen-bond donors (Lipinski definition) is 2. The van der Waals surface area contributed by atoms with Crippen LogP contribution in [0.25, 0.3) is 0 Å². The van der Waals surface area contributed by atoms with Gasteiger partial charge in [-0.15, -0.1) is 11.8 Å². The minimum Gasteiger partial charge on any atom is -0.322 e. The van der Waals surface area contributed by atoms with Gasteiger partial charge in [0.05, 0.1) is 10.7 Å². The summed E-state index contributed by atoms with van der Waals surface area (Å²) in [5, 5.41) is 6.42. The highest BCUT2D eigenvalue weighted by Gasteiger charge is 2.38. The van der Waals surface area contributed by atoms with Crippen molar-refractivity contribution in [3.05, 3.63) is 125 Å². The summed E-state index contributed by atoms with van der Waals surface area (Å²) in [6.07, 6.45) is 4.01. The molecule has 4 aromatic rings. The molecule has 1 atom stereocenters. The molecule has 3 aromatic carbocycles. The SMILES string of the molecule is CSc1cccc(C(Cc2ccccc2)(NC(=O)Nc2cccc(F)c2)c2ccc(Cl)cn2)c1. The Labute approximate surface area is 207 Å². The molecule has 0 aliphatic carbocycles. The number of anilines is 1. The largest absolute Gasteiger partial charge is 0.322 e. The van der Waals surface area contributed by atoms with Crippen molar-refractivity contribution in [3.63, 3.8) is 0 Å². The van der Waals surface area contributed by atoms with Gasteiger partial charge in [-0.25, -0.2) is 9.18 Å². The van der Waals surface area contributed by atoms with E-state index < -0.39 is 17.4 Å². The molecule has 0 bridgehead atoms. The average Bonchev–Trinajstić information content (AvgIpc) is 2.84. The van der Waals surface area contributed by atoms with Crippen molar-refractivity contribution >= 4 is 35.1 Å². The monoisotopic (exact) mass is 491 g/mol. The number of carbonyl (C=O) groups excluding carboxylic acids is 1. The zero-order valence-corrected chi connectivity index (χ0v) is 20.0. The van der Waals surface area contributed by atoms with E-state index in [9.17, 15) is 9.18 Å². The maximum absolute atomic E-state index is 13.7. The Balaban J connectivity index is 1.83. The highest BCUT2D eigenvalue weighted by Crippen LogP contribution is 2.35. The van der Waals surface area contributed by atoms with Gasteiger partial charge >= 0.3 is 6.03 Å². The Morgan fingerprint density at radius 2 is 1.79 bits per heavy atom. The first kappa shape index (κ1) is 23.8. The van der Waals surface area contributed by atoms with Crippen LogP contribution in [0.1, 0.15) is 16.8 Å². The number of halogens is 2. The first-order valence-electron chi connectivity index (χ1n) is 10.6. The van der Waals surface area contributed by atoms with Gasteiger partial charge in [0.15, 0.2) is 0 Å². The van der Waals surface area contributed by atoms with Crippen molar-refractivity contribution in [2.45, 2.75) is 16.9 Å². The second-order valence-electron chi connectivity index (χ2n) is 7.75. The molecule has 0 saturated heterocycles. The van der Waals surface area contributed by atoms with Crippen LogP contribution in [-0.2, 0) is 12.0 Å². The zero-order valence-electron chi connectivity index (χ0n) is 18.5. The molecule has 34 heavy (non-hydrogen) atoms. The van der Waals surface area contributed by atoms with Crippen LogP contribution in [-0.4, -0.2) is 17.3 Å². The Kier molecular flexibility index (Phi) is 7.50. The number of amides is 2. The predicted molar refractivity (Wildman–Crippen MR) is 137 cm³/mol. The number of rotatable bonds is 7. The minimum absolute atomic E-state index is 0.355. The van der Waals surface area contributed by atoms with E-state index >= 15 is 0 Å². The van der Waals surface area contributed by atoms with Crippen LogP contribution in [0.2, 0.25) is 5.02 Å². The summed E-state index contributed by atoms with van der Waals surface area (Å²) in [5.41, 5.74) is 1.85. The maximum atomic E-state index is 13.7. The predicted octanol–water partition coefficient (Wildman–Crippen LogP) is 6.90. The topological polar surface area (TPSA) is 54.0 Å². The number of aromatic nitrogens is 1. The molecule has 0 radical (unpaired) electrons. The lowest BCUT2D eigenvalue weighted by molar-refractivity contribution is 0.241. The smallest absolute Gasteiger partial charge is 0.320 e. The molecule has 1 aromatic heterocycles. The second kappa shape index (κ2) is 10.7. The lowest BCUT2D eigenvalue weighted by atomic mass is 9.80. The van der Waals surface area contributed by atoms with Gasteiger partial charge in [0.1, 0.15) is 11.4 Å². The summed E-state index contributed by atoms with van der Waals surface area (Å²) in [5.74, 6) is -0.430. The van der Waals surface area contributed by atoms with Crippen LogP contribution in [0.4, 0.5) is 14.9 Å². The van der Waals surface area contributed by atoms with E-state index in [-0.39, 0.29) is 0 Å². The van der Waals surface area contributed by atoms with Crippen LogP contribution < -0.4 is 10.6 Å². The average molecular weight is 492 g/mol. The number of pyridine rings is 1. The Morgan fingerprint density at radius 3 is 2.50 bits per heavy atom. The fourth-order valence-electron chi connectivity index (χ4n) is 3.86. The molecule has 0 saturated carbocycles. The van der Waals surface area contributed by atoms with Gasteiger partial charge in [0.25, 0.3) is 0 Å². The Bertz CT molecular complexity index is 1270. The van der Waals surface area contributed by atoms with Crippen LogP contribution in [0, 0.1) is 5.82 Å². The third kappa shape index (κ3) is 5.58. The van der Waals surface area contributed by atoms with Crippen molar-refractivity contribution in [2.24, 2.45) is 0 Å². The molecular weight excluding hydrogens is 469 g/mol. The number of urea groups is 1. The standard InChI is InChI=1S/C27H23ClFN3OS/c1-34-24-12-5-9-20(15-24)27(17-19-7-3-2-4-8-19,25-14-13-21(28)18-30-25)32-26(33)31-23-11-6-10-22(29)16-23/h2-16,18H,17H2,1H3,(H2,31,32,33). The fourth-order valence-corrected chi connectivity index (χ4v) is 4.43. The number of hydrogen-bond acceptors (Lipinski definition) is 3. The van der Waals surface area contributed by atoms with E-state index in [1.165, 1.54) is 12.1 Å². The van der Waals surface area contributed by atoms with Crippen molar-refractivity contribution < 1.29 is 9.18 Å². The van der Waals surface area contributed by atoms with Crippen molar-refractivity contribution in [1.29, 1.82) is 0 Å². The quantitative estimate of drug-likeness (QED) is 0.276. The van der Waals surface area contributed by atoms with Gasteiger partial charge in [0.2, 0.25) is 0 Å². The lowest BCUT2D eigenvalue weighted by Crippen LogP contribution is -2.50. The van der Waals surface area contributed by atoms with Crippen LogP contribution in [0.15, 0.2) is 102 Å². The third-order valence-corrected chi connectivity index (χ3v) is 6.40. The molecule has 1 heterocycles. The molecular formula is C27H23ClFN3OS. The number of thioether (sulfide) groups is 1.